The summed E-state index contributed by atoms with van der Waals surface area (Å²) < 4.78 is 21.9. The summed E-state index contributed by atoms with van der Waals surface area (Å²) >= 11 is 0. The Balaban J connectivity index is 1.85. The predicted molar refractivity (Wildman–Crippen MR) is 191 cm³/mol. The highest BCUT2D eigenvalue weighted by molar-refractivity contribution is 6.74. The van der Waals surface area contributed by atoms with E-state index in [1.165, 1.54) is 24.8 Å². The van der Waals surface area contributed by atoms with Crippen LogP contribution in [0.2, 0.25) is 36.3 Å². The van der Waals surface area contributed by atoms with Gasteiger partial charge in [0.1, 0.15) is 0 Å². The maximum atomic E-state index is 11.0. The van der Waals surface area contributed by atoms with Gasteiger partial charge >= 0.3 is 0 Å². The SMILES string of the molecule is CCC1=CC[C@H]2C3=CC=C4C[C@@](OC[C@H](O)C(C)C)(O[Si](C)(C)C(C)(C)C)C[C@H](O[Si](C)(C)C(C)(C)C)[C@]4(C)[C@H]3CC[C@]12C. The molecule has 0 heterocycles. The molecule has 0 aromatic heterocycles. The third-order valence-corrected chi connectivity index (χ3v) is 22.5. The molecule has 4 rings (SSSR count). The summed E-state index contributed by atoms with van der Waals surface area (Å²) in [5.41, 5.74) is 4.91. The fourth-order valence-corrected chi connectivity index (χ4v) is 11.0. The number of aliphatic hydroxyl groups is 1. The lowest BCUT2D eigenvalue weighted by Gasteiger charge is -2.61. The van der Waals surface area contributed by atoms with Crippen molar-refractivity contribution in [2.24, 2.45) is 28.6 Å². The van der Waals surface area contributed by atoms with E-state index in [4.69, 9.17) is 13.6 Å². The van der Waals surface area contributed by atoms with Gasteiger partial charge in [-0.25, -0.2) is 0 Å². The molecule has 0 saturated heterocycles. The van der Waals surface area contributed by atoms with Gasteiger partial charge < -0.3 is 18.7 Å². The van der Waals surface area contributed by atoms with Crippen LogP contribution in [-0.2, 0) is 13.6 Å². The molecule has 0 spiro atoms. The lowest BCUT2D eigenvalue weighted by atomic mass is 9.49. The average molecular weight is 645 g/mol. The number of allylic oxidation sites excluding steroid dienone is 5. The maximum absolute atomic E-state index is 11.0. The number of hydrogen-bond donors (Lipinski definition) is 1. The van der Waals surface area contributed by atoms with E-state index in [1.54, 1.807) is 11.1 Å². The Hall–Kier alpha value is -0.506. The minimum Gasteiger partial charge on any atom is -0.413 e. The van der Waals surface area contributed by atoms with Crippen LogP contribution in [0.15, 0.2) is 34.9 Å². The predicted octanol–water partition coefficient (Wildman–Crippen LogP) is 10.6. The van der Waals surface area contributed by atoms with Gasteiger partial charge in [-0.3, -0.25) is 0 Å². The standard InChI is InChI=1S/C38H68O4Si2/c1-16-27-18-20-30-29-19-17-28-23-38(40-25-32(39)26(2)3,42-44(14,15)35(7,8)9)24-33(41-43(12,13)34(4,5)6)37(28,11)31(29)21-22-36(27,30)10/h17-19,26,30-33,39H,16,20-25H2,1-15H3/t30-,31-,32-,33-,36+,37-,38+/m0/s1. The first-order valence-corrected chi connectivity index (χ1v) is 23.6. The number of fused-ring (bicyclic) bond motifs is 5. The van der Waals surface area contributed by atoms with Crippen molar-refractivity contribution >= 4 is 16.6 Å². The summed E-state index contributed by atoms with van der Waals surface area (Å²) in [6, 6.07) is 0. The van der Waals surface area contributed by atoms with Crippen LogP contribution < -0.4 is 0 Å². The molecule has 2 saturated carbocycles. The fourth-order valence-electron chi connectivity index (χ4n) is 8.20. The molecule has 0 amide bonds. The summed E-state index contributed by atoms with van der Waals surface area (Å²) in [6.45, 7) is 35.2. The second-order valence-electron chi connectivity index (χ2n) is 18.7. The lowest BCUT2D eigenvalue weighted by molar-refractivity contribution is -0.241. The molecule has 6 heteroatoms. The van der Waals surface area contributed by atoms with E-state index >= 15 is 0 Å². The molecule has 0 bridgehead atoms. The van der Waals surface area contributed by atoms with E-state index in [0.717, 1.165) is 12.8 Å². The van der Waals surface area contributed by atoms with E-state index in [-0.39, 0.29) is 39.5 Å². The van der Waals surface area contributed by atoms with Crippen molar-refractivity contribution in [2.75, 3.05) is 6.61 Å². The molecule has 1 N–H and O–H groups in total. The monoisotopic (exact) mass is 644 g/mol. The number of ether oxygens (including phenoxy) is 1. The Morgan fingerprint density at radius 3 is 2.11 bits per heavy atom. The largest absolute Gasteiger partial charge is 0.413 e. The molecule has 44 heavy (non-hydrogen) atoms. The second kappa shape index (κ2) is 11.9. The smallest absolute Gasteiger partial charge is 0.195 e. The Morgan fingerprint density at radius 1 is 0.955 bits per heavy atom. The molecule has 0 aliphatic heterocycles. The Morgan fingerprint density at radius 2 is 1.57 bits per heavy atom. The van der Waals surface area contributed by atoms with Crippen LogP contribution in [0.25, 0.3) is 0 Å². The van der Waals surface area contributed by atoms with Crippen LogP contribution in [0.1, 0.15) is 115 Å². The van der Waals surface area contributed by atoms with Gasteiger partial charge in [0.15, 0.2) is 22.4 Å². The third-order valence-electron chi connectivity index (χ3n) is 13.5. The van der Waals surface area contributed by atoms with Gasteiger partial charge in [0.2, 0.25) is 0 Å². The second-order valence-corrected chi connectivity index (χ2v) is 28.1. The normalized spacial score (nSPS) is 35.4. The lowest BCUT2D eigenvalue weighted by Crippen LogP contribution is -2.63. The summed E-state index contributed by atoms with van der Waals surface area (Å²) in [4.78, 5) is 0. The third kappa shape index (κ3) is 6.23. The van der Waals surface area contributed by atoms with Crippen LogP contribution in [0.3, 0.4) is 0 Å². The molecule has 252 valence electrons. The average Bonchev–Trinajstić information content (AvgIpc) is 3.22. The summed E-state index contributed by atoms with van der Waals surface area (Å²) in [6.07, 6.45) is 13.2. The summed E-state index contributed by atoms with van der Waals surface area (Å²) in [5.74, 6) is 0.354. The van der Waals surface area contributed by atoms with Gasteiger partial charge in [-0.05, 0) is 85.1 Å². The van der Waals surface area contributed by atoms with Gasteiger partial charge in [0.25, 0.3) is 0 Å². The van der Waals surface area contributed by atoms with Crippen molar-refractivity contribution in [1.29, 1.82) is 0 Å². The molecular weight excluding hydrogens is 577 g/mol. The molecular formula is C38H68O4Si2. The zero-order valence-corrected chi connectivity index (χ0v) is 33.2. The number of rotatable bonds is 9. The van der Waals surface area contributed by atoms with Crippen LogP contribution >= 0.6 is 0 Å². The van der Waals surface area contributed by atoms with Crippen molar-refractivity contribution in [1.82, 2.24) is 0 Å². The molecule has 0 radical (unpaired) electrons. The Kier molecular flexibility index (Phi) is 9.81. The van der Waals surface area contributed by atoms with E-state index < -0.39 is 28.5 Å². The van der Waals surface area contributed by atoms with Crippen molar-refractivity contribution in [3.63, 3.8) is 0 Å². The Labute approximate surface area is 273 Å². The van der Waals surface area contributed by atoms with Gasteiger partial charge in [-0.2, -0.15) is 0 Å². The zero-order valence-electron chi connectivity index (χ0n) is 31.2. The molecule has 0 aromatic carbocycles. The first-order chi connectivity index (χ1) is 19.9. The van der Waals surface area contributed by atoms with E-state index in [1.807, 2.05) is 0 Å². The Bertz CT molecular complexity index is 1170. The molecule has 7 atom stereocenters. The van der Waals surface area contributed by atoms with Crippen molar-refractivity contribution < 1.29 is 18.7 Å². The zero-order chi connectivity index (χ0) is 33.3. The van der Waals surface area contributed by atoms with Crippen molar-refractivity contribution in [3.8, 4) is 0 Å². The van der Waals surface area contributed by atoms with Crippen LogP contribution in [0, 0.1) is 28.6 Å². The van der Waals surface area contributed by atoms with Gasteiger partial charge in [-0.15, -0.1) is 0 Å². The van der Waals surface area contributed by atoms with Crippen molar-refractivity contribution in [2.45, 2.75) is 169 Å². The molecule has 0 aromatic rings. The minimum absolute atomic E-state index is 0.0255. The number of hydrogen-bond acceptors (Lipinski definition) is 4. The minimum atomic E-state index is -2.24. The molecule has 4 aliphatic rings. The van der Waals surface area contributed by atoms with Crippen LogP contribution in [-0.4, -0.2) is 46.3 Å². The van der Waals surface area contributed by atoms with Gasteiger partial charge in [-0.1, -0.05) is 111 Å². The topological polar surface area (TPSA) is 47.9 Å². The van der Waals surface area contributed by atoms with E-state index in [0.29, 0.717) is 18.3 Å². The van der Waals surface area contributed by atoms with Gasteiger partial charge in [0.05, 0.1) is 18.8 Å². The first kappa shape index (κ1) is 36.3. The van der Waals surface area contributed by atoms with Crippen LogP contribution in [0.5, 0.6) is 0 Å². The van der Waals surface area contributed by atoms with Crippen molar-refractivity contribution in [3.05, 3.63) is 34.9 Å². The fraction of sp³-hybridized carbons (Fsp3) is 0.842. The quantitative estimate of drug-likeness (QED) is 0.154. The van der Waals surface area contributed by atoms with E-state index in [9.17, 15) is 5.11 Å². The summed E-state index contributed by atoms with van der Waals surface area (Å²) in [5, 5.41) is 11.1. The van der Waals surface area contributed by atoms with Crippen LogP contribution in [0.4, 0.5) is 0 Å². The molecule has 0 unspecified atom stereocenters. The highest BCUT2D eigenvalue weighted by Crippen LogP contribution is 2.66. The van der Waals surface area contributed by atoms with Gasteiger partial charge in [0, 0.05) is 18.3 Å². The highest BCUT2D eigenvalue weighted by atomic mass is 28.4. The highest BCUT2D eigenvalue weighted by Gasteiger charge is 2.62. The van der Waals surface area contributed by atoms with E-state index in [2.05, 4.69) is 121 Å². The molecule has 4 aliphatic carbocycles. The molecule has 4 nitrogen and oxygen atoms in total. The maximum Gasteiger partial charge on any atom is 0.195 e. The first-order valence-electron chi connectivity index (χ1n) is 17.7. The summed E-state index contributed by atoms with van der Waals surface area (Å²) in [7, 11) is -4.40. The molecule has 2 fully saturated rings. The number of aliphatic hydroxyl groups excluding tert-OH is 1.